The topological polar surface area (TPSA) is 123 Å². The third-order valence-electron chi connectivity index (χ3n) is 7.71. The summed E-state index contributed by atoms with van der Waals surface area (Å²) in [5.41, 5.74) is 1.94. The Morgan fingerprint density at radius 1 is 1.06 bits per heavy atom. The number of piperazine rings is 1. The molecule has 0 saturated carbocycles. The second-order valence-electron chi connectivity index (χ2n) is 11.1. The van der Waals surface area contributed by atoms with E-state index in [1.165, 1.54) is 12.1 Å². The first-order valence-corrected chi connectivity index (χ1v) is 15.6. The molecule has 248 valence electrons. The highest BCUT2D eigenvalue weighted by molar-refractivity contribution is 5.99. The lowest BCUT2D eigenvalue weighted by atomic mass is 10.2. The molecule has 0 spiro atoms. The quantitative estimate of drug-likeness (QED) is 0.123. The van der Waals surface area contributed by atoms with Crippen LogP contribution < -0.4 is 20.3 Å². The molecule has 0 aliphatic carbocycles. The van der Waals surface area contributed by atoms with Gasteiger partial charge in [0.15, 0.2) is 12.4 Å². The van der Waals surface area contributed by atoms with Gasteiger partial charge >= 0.3 is 5.97 Å². The molecule has 5 rings (SSSR count). The van der Waals surface area contributed by atoms with Gasteiger partial charge in [-0.05, 0) is 48.9 Å². The molecule has 1 aliphatic heterocycles. The van der Waals surface area contributed by atoms with E-state index in [0.29, 0.717) is 60.0 Å². The number of carbonyl (C=O) groups is 2. The number of benzene rings is 2. The summed E-state index contributed by atoms with van der Waals surface area (Å²) in [4.78, 5) is 37.7. The van der Waals surface area contributed by atoms with Crippen LogP contribution in [-0.4, -0.2) is 77.8 Å². The molecular weight excluding hydrogens is 605 g/mol. The number of amides is 1. The predicted octanol–water partition coefficient (Wildman–Crippen LogP) is 5.69. The summed E-state index contributed by atoms with van der Waals surface area (Å²) < 4.78 is 33.9. The fourth-order valence-corrected chi connectivity index (χ4v) is 5.16. The van der Waals surface area contributed by atoms with Crippen molar-refractivity contribution >= 4 is 45.9 Å². The van der Waals surface area contributed by atoms with E-state index in [0.717, 1.165) is 32.5 Å². The molecule has 2 N–H and O–H groups in total. The lowest BCUT2D eigenvalue weighted by Crippen LogP contribution is -2.47. The van der Waals surface area contributed by atoms with Crippen LogP contribution in [0.4, 0.5) is 27.4 Å². The summed E-state index contributed by atoms with van der Waals surface area (Å²) in [6, 6.07) is 13.5. The van der Waals surface area contributed by atoms with Crippen molar-refractivity contribution in [3.63, 3.8) is 0 Å². The molecule has 2 aromatic heterocycles. The summed E-state index contributed by atoms with van der Waals surface area (Å²) in [5.74, 6) is -0.244. The largest absolute Gasteiger partial charge is 0.444 e. The van der Waals surface area contributed by atoms with Crippen LogP contribution in [0, 0.1) is 5.82 Å². The molecule has 1 amide bonds. The zero-order chi connectivity index (χ0) is 33.2. The fourth-order valence-electron chi connectivity index (χ4n) is 5.16. The molecule has 0 radical (unpaired) electrons. The van der Waals surface area contributed by atoms with Crippen molar-refractivity contribution in [2.45, 2.75) is 32.9 Å². The Kier molecular flexibility index (Phi) is 11.4. The Morgan fingerprint density at radius 3 is 2.64 bits per heavy atom. The lowest BCUT2D eigenvalue weighted by Gasteiger charge is -2.36. The second-order valence-corrected chi connectivity index (χ2v) is 11.1. The highest BCUT2D eigenvalue weighted by atomic mass is 19.1. The standard InChI is InChI=1S/C34H40FN7O5/c1-4-6-10-31(44)46-23-42-14-13-27-32(42)38-34(39-33(27)47-26-9-7-8-24(21-26)36-30(43)5-2)37-25-11-12-29(28(35)22-25)41-17-15-40(16-18-41)19-20-45-3/h5,7-9,11-14,21-22H,2,4,6,10,15-20,23H2,1,3H3,(H,36,43)(H,37,38,39). The van der Waals surface area contributed by atoms with E-state index in [4.69, 9.17) is 14.2 Å². The summed E-state index contributed by atoms with van der Waals surface area (Å²) in [7, 11) is 1.69. The van der Waals surface area contributed by atoms with Crippen LogP contribution in [0.1, 0.15) is 26.2 Å². The fraction of sp³-hybridized carbons (Fsp3) is 0.353. The summed E-state index contributed by atoms with van der Waals surface area (Å²) in [6.45, 7) is 10.1. The normalized spacial score (nSPS) is 13.4. The van der Waals surface area contributed by atoms with Crippen LogP contribution >= 0.6 is 0 Å². The summed E-state index contributed by atoms with van der Waals surface area (Å²) in [6.07, 6.45) is 4.86. The molecule has 1 aliphatic rings. The Bertz CT molecular complexity index is 1700. The number of hydrogen-bond acceptors (Lipinski definition) is 10. The van der Waals surface area contributed by atoms with E-state index in [9.17, 15) is 9.59 Å². The molecule has 4 aromatic rings. The van der Waals surface area contributed by atoms with Crippen molar-refractivity contribution in [2.24, 2.45) is 0 Å². The van der Waals surface area contributed by atoms with Crippen molar-refractivity contribution in [3.05, 3.63) is 73.2 Å². The number of unbranched alkanes of at least 4 members (excludes halogenated alkanes) is 1. The number of hydrogen-bond donors (Lipinski definition) is 2. The molecule has 2 aromatic carbocycles. The van der Waals surface area contributed by atoms with E-state index in [-0.39, 0.29) is 36.3 Å². The Balaban J connectivity index is 1.39. The Hall–Kier alpha value is -5.01. The number of rotatable bonds is 15. The van der Waals surface area contributed by atoms with Crippen LogP contribution in [0.2, 0.25) is 0 Å². The van der Waals surface area contributed by atoms with Gasteiger partial charge in [-0.25, -0.2) is 4.39 Å². The second kappa shape index (κ2) is 16.0. The van der Waals surface area contributed by atoms with Gasteiger partial charge in [0.05, 0.1) is 17.7 Å². The third kappa shape index (κ3) is 8.83. The number of nitrogens with zero attached hydrogens (tertiary/aromatic N) is 5. The molecule has 13 heteroatoms. The van der Waals surface area contributed by atoms with Gasteiger partial charge in [0.2, 0.25) is 17.7 Å². The first-order chi connectivity index (χ1) is 22.9. The zero-order valence-electron chi connectivity index (χ0n) is 26.7. The number of halogens is 1. The van der Waals surface area contributed by atoms with Gasteiger partial charge in [-0.3, -0.25) is 19.1 Å². The van der Waals surface area contributed by atoms with Gasteiger partial charge in [0.25, 0.3) is 0 Å². The van der Waals surface area contributed by atoms with Gasteiger partial charge in [-0.1, -0.05) is 26.0 Å². The number of esters is 1. The van der Waals surface area contributed by atoms with E-state index in [2.05, 4.69) is 32.1 Å². The molecule has 3 heterocycles. The summed E-state index contributed by atoms with van der Waals surface area (Å²) >= 11 is 0. The van der Waals surface area contributed by atoms with E-state index in [1.807, 2.05) is 11.8 Å². The number of nitrogens with one attached hydrogen (secondary N) is 2. The van der Waals surface area contributed by atoms with Crippen molar-refractivity contribution in [1.29, 1.82) is 0 Å². The van der Waals surface area contributed by atoms with Crippen LogP contribution in [0.15, 0.2) is 67.4 Å². The van der Waals surface area contributed by atoms with Gasteiger partial charge in [-0.15, -0.1) is 0 Å². The van der Waals surface area contributed by atoms with Gasteiger partial charge in [-0.2, -0.15) is 9.97 Å². The molecule has 0 unspecified atom stereocenters. The van der Waals surface area contributed by atoms with Gasteiger partial charge in [0.1, 0.15) is 11.6 Å². The number of ether oxygens (including phenoxy) is 3. The first kappa shape index (κ1) is 33.4. The average Bonchev–Trinajstić information content (AvgIpc) is 3.49. The molecule has 0 atom stereocenters. The van der Waals surface area contributed by atoms with Gasteiger partial charge in [0, 0.05) is 69.9 Å². The maximum absolute atomic E-state index is 15.4. The minimum atomic E-state index is -0.362. The molecule has 12 nitrogen and oxygen atoms in total. The smallest absolute Gasteiger partial charge is 0.307 e. The number of methoxy groups -OCH3 is 1. The molecular formula is C34H40FN7O5. The Morgan fingerprint density at radius 2 is 1.89 bits per heavy atom. The molecule has 0 bridgehead atoms. The van der Waals surface area contributed by atoms with Crippen LogP contribution in [0.25, 0.3) is 11.0 Å². The number of aromatic nitrogens is 3. The van der Waals surface area contributed by atoms with E-state index >= 15 is 4.39 Å². The van der Waals surface area contributed by atoms with Crippen LogP contribution in [0.5, 0.6) is 11.6 Å². The first-order valence-electron chi connectivity index (χ1n) is 15.6. The Labute approximate surface area is 273 Å². The third-order valence-corrected chi connectivity index (χ3v) is 7.71. The van der Waals surface area contributed by atoms with Gasteiger partial charge < -0.3 is 29.7 Å². The van der Waals surface area contributed by atoms with Crippen molar-refractivity contribution in [2.75, 3.05) is 62.0 Å². The maximum atomic E-state index is 15.4. The average molecular weight is 646 g/mol. The number of fused-ring (bicyclic) bond motifs is 1. The van der Waals surface area contributed by atoms with E-state index in [1.54, 1.807) is 60.3 Å². The van der Waals surface area contributed by atoms with Crippen molar-refractivity contribution < 1.29 is 28.2 Å². The molecule has 1 fully saturated rings. The van der Waals surface area contributed by atoms with Crippen LogP contribution in [-0.2, 0) is 25.8 Å². The number of carbonyl (C=O) groups excluding carboxylic acids is 2. The van der Waals surface area contributed by atoms with Crippen LogP contribution in [0.3, 0.4) is 0 Å². The monoisotopic (exact) mass is 645 g/mol. The highest BCUT2D eigenvalue weighted by Gasteiger charge is 2.20. The van der Waals surface area contributed by atoms with E-state index < -0.39 is 0 Å². The molecule has 47 heavy (non-hydrogen) atoms. The summed E-state index contributed by atoms with van der Waals surface area (Å²) in [5, 5.41) is 6.38. The lowest BCUT2D eigenvalue weighted by molar-refractivity contribution is -0.147. The molecule has 1 saturated heterocycles. The maximum Gasteiger partial charge on any atom is 0.307 e. The zero-order valence-corrected chi connectivity index (χ0v) is 26.7. The van der Waals surface area contributed by atoms with Crippen molar-refractivity contribution in [1.82, 2.24) is 19.4 Å². The highest BCUT2D eigenvalue weighted by Crippen LogP contribution is 2.32. The predicted molar refractivity (Wildman–Crippen MR) is 179 cm³/mol. The SMILES string of the molecule is C=CC(=O)Nc1cccc(Oc2nc(Nc3ccc(N4CCN(CCOC)CC4)c(F)c3)nc3c2ccn3COC(=O)CCCC)c1. The minimum absolute atomic E-state index is 0.0485. The number of anilines is 4. The van der Waals surface area contributed by atoms with Crippen molar-refractivity contribution in [3.8, 4) is 11.6 Å². The minimum Gasteiger partial charge on any atom is -0.444 e.